The van der Waals surface area contributed by atoms with E-state index >= 15 is 0 Å². The van der Waals surface area contributed by atoms with Crippen LogP contribution in [0.2, 0.25) is 0 Å². The van der Waals surface area contributed by atoms with Crippen molar-refractivity contribution < 1.29 is 0 Å². The van der Waals surface area contributed by atoms with Gasteiger partial charge in [0.2, 0.25) is 0 Å². The van der Waals surface area contributed by atoms with Gasteiger partial charge in [-0.1, -0.05) is 6.92 Å². The maximum Gasteiger partial charge on any atom is 0.199 e. The Bertz CT molecular complexity index is 484. The highest BCUT2D eigenvalue weighted by molar-refractivity contribution is 5.48. The predicted octanol–water partition coefficient (Wildman–Crippen LogP) is 2.06. The van der Waals surface area contributed by atoms with Crippen molar-refractivity contribution in [2.45, 2.75) is 20.3 Å². The van der Waals surface area contributed by atoms with Crippen LogP contribution < -0.4 is 5.32 Å². The van der Waals surface area contributed by atoms with Gasteiger partial charge in [0, 0.05) is 30.7 Å². The van der Waals surface area contributed by atoms with Gasteiger partial charge in [0.25, 0.3) is 0 Å². The highest BCUT2D eigenvalue weighted by Gasteiger charge is 2.06. The van der Waals surface area contributed by atoms with Crippen molar-refractivity contribution in [3.8, 4) is 11.6 Å². The summed E-state index contributed by atoms with van der Waals surface area (Å²) < 4.78 is 0. The van der Waals surface area contributed by atoms with Crippen LogP contribution >= 0.6 is 0 Å². The lowest BCUT2D eigenvalue weighted by atomic mass is 10.4. The molecule has 5 heteroatoms. The van der Waals surface area contributed by atoms with Gasteiger partial charge >= 0.3 is 0 Å². The molecule has 2 rings (SSSR count). The molecule has 0 unspecified atom stereocenters. The first-order valence-electron chi connectivity index (χ1n) is 5.66. The fourth-order valence-electron chi connectivity index (χ4n) is 1.43. The highest BCUT2D eigenvalue weighted by atomic mass is 15.1. The van der Waals surface area contributed by atoms with Crippen LogP contribution in [0, 0.1) is 6.92 Å². The van der Waals surface area contributed by atoms with E-state index in [0.29, 0.717) is 11.6 Å². The summed E-state index contributed by atoms with van der Waals surface area (Å²) in [6.45, 7) is 4.94. The number of aryl methyl sites for hydroxylation is 1. The summed E-state index contributed by atoms with van der Waals surface area (Å²) in [5, 5.41) is 3.24. The zero-order chi connectivity index (χ0) is 12.1. The normalized spacial score (nSPS) is 10.2. The molecule has 2 heterocycles. The summed E-state index contributed by atoms with van der Waals surface area (Å²) in [7, 11) is 0. The third-order valence-corrected chi connectivity index (χ3v) is 2.18. The molecule has 0 fully saturated rings. The maximum atomic E-state index is 4.39. The first-order chi connectivity index (χ1) is 8.29. The molecule has 17 heavy (non-hydrogen) atoms. The van der Waals surface area contributed by atoms with Crippen LogP contribution in [0.5, 0.6) is 0 Å². The molecule has 0 aromatic carbocycles. The molecule has 0 aliphatic carbocycles. The number of hydrogen-bond acceptors (Lipinski definition) is 5. The smallest absolute Gasteiger partial charge is 0.199 e. The SMILES string of the molecule is CCCNc1cc(C)nc(-c2ncccn2)n1. The predicted molar refractivity (Wildman–Crippen MR) is 66.6 cm³/mol. The van der Waals surface area contributed by atoms with Crippen molar-refractivity contribution >= 4 is 5.82 Å². The lowest BCUT2D eigenvalue weighted by Crippen LogP contribution is -2.05. The van der Waals surface area contributed by atoms with Gasteiger partial charge in [0.15, 0.2) is 11.6 Å². The molecular formula is C12H15N5. The van der Waals surface area contributed by atoms with Gasteiger partial charge in [-0.2, -0.15) is 0 Å². The fourth-order valence-corrected chi connectivity index (χ4v) is 1.43. The Morgan fingerprint density at radius 3 is 2.59 bits per heavy atom. The minimum Gasteiger partial charge on any atom is -0.370 e. The monoisotopic (exact) mass is 229 g/mol. The van der Waals surface area contributed by atoms with Gasteiger partial charge in [0.05, 0.1) is 0 Å². The second kappa shape index (κ2) is 5.34. The number of nitrogens with zero attached hydrogens (tertiary/aromatic N) is 4. The van der Waals surface area contributed by atoms with Gasteiger partial charge in [0.1, 0.15) is 5.82 Å². The maximum absolute atomic E-state index is 4.39. The minimum absolute atomic E-state index is 0.552. The average molecular weight is 229 g/mol. The van der Waals surface area contributed by atoms with Gasteiger partial charge < -0.3 is 5.32 Å². The zero-order valence-electron chi connectivity index (χ0n) is 10.0. The number of rotatable bonds is 4. The summed E-state index contributed by atoms with van der Waals surface area (Å²) in [5.74, 6) is 1.93. The molecule has 0 atom stereocenters. The summed E-state index contributed by atoms with van der Waals surface area (Å²) in [6, 6.07) is 3.69. The highest BCUT2D eigenvalue weighted by Crippen LogP contribution is 2.13. The van der Waals surface area contributed by atoms with Crippen LogP contribution in [0.25, 0.3) is 11.6 Å². The quantitative estimate of drug-likeness (QED) is 0.869. The van der Waals surface area contributed by atoms with E-state index in [2.05, 4.69) is 32.2 Å². The van der Waals surface area contributed by atoms with Gasteiger partial charge in [-0.15, -0.1) is 0 Å². The molecular weight excluding hydrogens is 214 g/mol. The molecule has 88 valence electrons. The molecule has 2 aromatic rings. The van der Waals surface area contributed by atoms with Crippen molar-refractivity contribution in [2.75, 3.05) is 11.9 Å². The van der Waals surface area contributed by atoms with E-state index in [-0.39, 0.29) is 0 Å². The Kier molecular flexibility index (Phi) is 3.59. The van der Waals surface area contributed by atoms with E-state index in [1.54, 1.807) is 18.5 Å². The second-order valence-corrected chi connectivity index (χ2v) is 3.72. The minimum atomic E-state index is 0.552. The molecule has 0 saturated heterocycles. The van der Waals surface area contributed by atoms with Crippen LogP contribution in [0.15, 0.2) is 24.5 Å². The van der Waals surface area contributed by atoms with E-state index in [0.717, 1.165) is 24.5 Å². The Hall–Kier alpha value is -2.04. The Balaban J connectivity index is 2.32. The summed E-state index contributed by atoms with van der Waals surface area (Å²) in [6.07, 6.45) is 4.43. The lowest BCUT2D eigenvalue weighted by molar-refractivity contribution is 0.958. The second-order valence-electron chi connectivity index (χ2n) is 3.72. The zero-order valence-corrected chi connectivity index (χ0v) is 10.0. The average Bonchev–Trinajstić information content (AvgIpc) is 2.37. The fraction of sp³-hybridized carbons (Fsp3) is 0.333. The van der Waals surface area contributed by atoms with E-state index in [1.807, 2.05) is 13.0 Å². The topological polar surface area (TPSA) is 63.6 Å². The first-order valence-corrected chi connectivity index (χ1v) is 5.66. The van der Waals surface area contributed by atoms with E-state index in [4.69, 9.17) is 0 Å². The third kappa shape index (κ3) is 2.96. The molecule has 0 spiro atoms. The number of anilines is 1. The summed E-state index contributed by atoms with van der Waals surface area (Å²) >= 11 is 0. The molecule has 0 amide bonds. The molecule has 0 bridgehead atoms. The molecule has 5 nitrogen and oxygen atoms in total. The number of aromatic nitrogens is 4. The largest absolute Gasteiger partial charge is 0.370 e. The molecule has 0 radical (unpaired) electrons. The molecule has 2 aromatic heterocycles. The van der Waals surface area contributed by atoms with Crippen LogP contribution in [-0.4, -0.2) is 26.5 Å². The number of hydrogen-bond donors (Lipinski definition) is 1. The third-order valence-electron chi connectivity index (χ3n) is 2.18. The summed E-state index contributed by atoms with van der Waals surface area (Å²) in [5.41, 5.74) is 0.904. The lowest BCUT2D eigenvalue weighted by Gasteiger charge is -2.06. The Labute approximate surface area is 100 Å². The van der Waals surface area contributed by atoms with Crippen molar-refractivity contribution in [2.24, 2.45) is 0 Å². The Morgan fingerprint density at radius 1 is 1.12 bits per heavy atom. The van der Waals surface area contributed by atoms with Crippen LogP contribution in [0.4, 0.5) is 5.82 Å². The van der Waals surface area contributed by atoms with E-state index in [9.17, 15) is 0 Å². The van der Waals surface area contributed by atoms with Crippen LogP contribution in [0.1, 0.15) is 19.0 Å². The van der Waals surface area contributed by atoms with Gasteiger partial charge in [-0.25, -0.2) is 19.9 Å². The van der Waals surface area contributed by atoms with Crippen molar-refractivity contribution in [1.29, 1.82) is 0 Å². The molecule has 0 saturated carbocycles. The van der Waals surface area contributed by atoms with E-state index < -0.39 is 0 Å². The van der Waals surface area contributed by atoms with E-state index in [1.165, 1.54) is 0 Å². The molecule has 1 N–H and O–H groups in total. The van der Waals surface area contributed by atoms with Crippen molar-refractivity contribution in [3.05, 3.63) is 30.2 Å². The summed E-state index contributed by atoms with van der Waals surface area (Å²) in [4.78, 5) is 17.0. The van der Waals surface area contributed by atoms with Crippen molar-refractivity contribution in [3.63, 3.8) is 0 Å². The van der Waals surface area contributed by atoms with Gasteiger partial charge in [-0.3, -0.25) is 0 Å². The molecule has 0 aliphatic rings. The van der Waals surface area contributed by atoms with Gasteiger partial charge in [-0.05, 0) is 19.4 Å². The van der Waals surface area contributed by atoms with Crippen LogP contribution in [0.3, 0.4) is 0 Å². The number of nitrogens with one attached hydrogen (secondary N) is 1. The van der Waals surface area contributed by atoms with Crippen molar-refractivity contribution in [1.82, 2.24) is 19.9 Å². The Morgan fingerprint density at radius 2 is 1.88 bits per heavy atom. The molecule has 0 aliphatic heterocycles. The standard InChI is InChI=1S/C12H15N5/c1-3-5-13-10-8-9(2)16-12(17-10)11-14-6-4-7-15-11/h4,6-8H,3,5H2,1-2H3,(H,13,16,17). The van der Waals surface area contributed by atoms with Crippen LogP contribution in [-0.2, 0) is 0 Å². The first kappa shape index (κ1) is 11.4.